The fourth-order valence-electron chi connectivity index (χ4n) is 6.96. The second kappa shape index (κ2) is 4.78. The molecular weight excluding hydrogens is 338 g/mol. The zero-order valence-electron chi connectivity index (χ0n) is 14.4. The summed E-state index contributed by atoms with van der Waals surface area (Å²) in [6.45, 7) is 2.32. The molecule has 3 N–H and O–H groups in total. The van der Waals surface area contributed by atoms with Gasteiger partial charge in [0.1, 0.15) is 5.75 Å². The van der Waals surface area contributed by atoms with Crippen molar-refractivity contribution >= 4 is 10.3 Å². The van der Waals surface area contributed by atoms with Crippen molar-refractivity contribution in [1.29, 1.82) is 0 Å². The summed E-state index contributed by atoms with van der Waals surface area (Å²) in [6, 6.07) is 5.61. The summed E-state index contributed by atoms with van der Waals surface area (Å²) in [5.41, 5.74) is 2.97. The molecule has 0 saturated heterocycles. The Kier molecular flexibility index (Phi) is 3.08. The van der Waals surface area contributed by atoms with Crippen LogP contribution in [0.2, 0.25) is 0 Å². The van der Waals surface area contributed by atoms with Crippen LogP contribution in [-0.2, 0) is 16.7 Å². The largest absolute Gasteiger partial charge is 0.393 e. The maximum atomic E-state index is 11.2. The van der Waals surface area contributed by atoms with Crippen molar-refractivity contribution in [2.24, 2.45) is 27.8 Å². The summed E-state index contributed by atoms with van der Waals surface area (Å²) in [4.78, 5) is 0. The molecule has 6 heteroatoms. The number of rotatable bonds is 2. The van der Waals surface area contributed by atoms with Gasteiger partial charge in [0.2, 0.25) is 0 Å². The molecule has 0 radical (unpaired) electrons. The molecule has 1 aromatic rings. The van der Waals surface area contributed by atoms with E-state index in [0.717, 1.165) is 32.1 Å². The third-order valence-corrected chi connectivity index (χ3v) is 8.46. The first-order valence-electron chi connectivity index (χ1n) is 9.28. The SMILES string of the molecule is C[C@]12CC[C@@H]3c4ccc(OS(N)(=O)=O)cc4CC[C@H]3[C@@]13C[C@H]3C[C@@H]2O. The average molecular weight is 363 g/mol. The van der Waals surface area contributed by atoms with Gasteiger partial charge in [0, 0.05) is 0 Å². The van der Waals surface area contributed by atoms with E-state index >= 15 is 0 Å². The molecule has 4 aliphatic rings. The quantitative estimate of drug-likeness (QED) is 0.845. The molecule has 4 aliphatic carbocycles. The van der Waals surface area contributed by atoms with Gasteiger partial charge in [0.15, 0.2) is 0 Å². The summed E-state index contributed by atoms with van der Waals surface area (Å²) in [5.74, 6) is 2.17. The Hall–Kier alpha value is -1.11. The van der Waals surface area contributed by atoms with Gasteiger partial charge in [-0.25, -0.2) is 0 Å². The maximum absolute atomic E-state index is 11.2. The van der Waals surface area contributed by atoms with Crippen molar-refractivity contribution in [3.05, 3.63) is 29.3 Å². The minimum absolute atomic E-state index is 0.0903. The van der Waals surface area contributed by atoms with Crippen LogP contribution in [0.4, 0.5) is 0 Å². The Labute approximate surface area is 148 Å². The van der Waals surface area contributed by atoms with Crippen molar-refractivity contribution in [2.75, 3.05) is 0 Å². The highest BCUT2D eigenvalue weighted by atomic mass is 32.2. The third kappa shape index (κ3) is 2.04. The van der Waals surface area contributed by atoms with Crippen LogP contribution in [0.15, 0.2) is 18.2 Å². The highest BCUT2D eigenvalue weighted by Crippen LogP contribution is 2.81. The van der Waals surface area contributed by atoms with Crippen molar-refractivity contribution in [1.82, 2.24) is 0 Å². The molecular formula is C19H25NO4S. The first-order chi connectivity index (χ1) is 11.7. The predicted molar refractivity (Wildman–Crippen MR) is 93.2 cm³/mol. The third-order valence-electron chi connectivity index (χ3n) is 8.03. The van der Waals surface area contributed by atoms with E-state index in [1.54, 1.807) is 6.07 Å². The molecule has 1 aromatic carbocycles. The van der Waals surface area contributed by atoms with Gasteiger partial charge in [-0.15, -0.1) is 0 Å². The molecule has 6 atom stereocenters. The second-order valence-electron chi connectivity index (χ2n) is 8.84. The van der Waals surface area contributed by atoms with Crippen LogP contribution in [0.3, 0.4) is 0 Å². The Morgan fingerprint density at radius 1 is 1.32 bits per heavy atom. The number of aliphatic hydroxyl groups is 1. The summed E-state index contributed by atoms with van der Waals surface area (Å²) in [5, 5.41) is 15.6. The summed E-state index contributed by atoms with van der Waals surface area (Å²) in [7, 11) is -3.98. The number of hydrogen-bond acceptors (Lipinski definition) is 4. The number of hydrogen-bond donors (Lipinski definition) is 2. The molecule has 0 aromatic heterocycles. The molecule has 1 spiro atoms. The highest BCUT2D eigenvalue weighted by Gasteiger charge is 2.76. The van der Waals surface area contributed by atoms with E-state index in [9.17, 15) is 13.5 Å². The topological polar surface area (TPSA) is 89.6 Å². The van der Waals surface area contributed by atoms with Gasteiger partial charge in [-0.1, -0.05) is 13.0 Å². The summed E-state index contributed by atoms with van der Waals surface area (Å²) >= 11 is 0. The number of aryl methyl sites for hydroxylation is 1. The van der Waals surface area contributed by atoms with Gasteiger partial charge < -0.3 is 9.29 Å². The van der Waals surface area contributed by atoms with E-state index in [2.05, 4.69) is 6.92 Å². The number of fused-ring (bicyclic) bond motifs is 3. The van der Waals surface area contributed by atoms with E-state index in [-0.39, 0.29) is 11.5 Å². The minimum atomic E-state index is -3.98. The first-order valence-corrected chi connectivity index (χ1v) is 10.7. The Bertz CT molecular complexity index is 853. The number of aliphatic hydroxyl groups excluding tert-OH is 1. The fraction of sp³-hybridized carbons (Fsp3) is 0.684. The average Bonchev–Trinajstić information content (AvgIpc) is 3.18. The molecule has 5 nitrogen and oxygen atoms in total. The molecule has 3 fully saturated rings. The Balaban J connectivity index is 1.50. The normalized spacial score (nSPS) is 44.3. The van der Waals surface area contributed by atoms with Gasteiger partial charge in [-0.05, 0) is 90.4 Å². The van der Waals surface area contributed by atoms with Crippen molar-refractivity contribution in [2.45, 2.75) is 57.5 Å². The molecule has 0 aliphatic heterocycles. The molecule has 0 unspecified atom stereocenters. The van der Waals surface area contributed by atoms with Gasteiger partial charge in [-0.3, -0.25) is 0 Å². The Morgan fingerprint density at radius 3 is 2.88 bits per heavy atom. The Morgan fingerprint density at radius 2 is 2.12 bits per heavy atom. The van der Waals surface area contributed by atoms with E-state index in [0.29, 0.717) is 28.9 Å². The maximum Gasteiger partial charge on any atom is 0.380 e. The van der Waals surface area contributed by atoms with Crippen LogP contribution >= 0.6 is 0 Å². The lowest BCUT2D eigenvalue weighted by Gasteiger charge is -2.52. The van der Waals surface area contributed by atoms with Gasteiger partial charge in [-0.2, -0.15) is 13.6 Å². The first kappa shape index (κ1) is 16.1. The van der Waals surface area contributed by atoms with Crippen LogP contribution in [0.5, 0.6) is 5.75 Å². The zero-order chi connectivity index (χ0) is 17.6. The summed E-state index contributed by atoms with van der Waals surface area (Å²) in [6.07, 6.45) is 6.38. The molecule has 0 bridgehead atoms. The van der Waals surface area contributed by atoms with Gasteiger partial charge in [0.05, 0.1) is 6.10 Å². The molecule has 3 saturated carbocycles. The highest BCUT2D eigenvalue weighted by molar-refractivity contribution is 7.84. The second-order valence-corrected chi connectivity index (χ2v) is 9.99. The van der Waals surface area contributed by atoms with E-state index in [1.165, 1.54) is 17.5 Å². The van der Waals surface area contributed by atoms with Crippen molar-refractivity contribution in [3.63, 3.8) is 0 Å². The lowest BCUT2D eigenvalue weighted by molar-refractivity contribution is -0.0558. The number of benzene rings is 1. The molecule has 136 valence electrons. The van der Waals surface area contributed by atoms with Crippen molar-refractivity contribution in [3.8, 4) is 5.75 Å². The van der Waals surface area contributed by atoms with Gasteiger partial charge >= 0.3 is 10.3 Å². The van der Waals surface area contributed by atoms with Crippen molar-refractivity contribution < 1.29 is 17.7 Å². The molecule has 0 heterocycles. The van der Waals surface area contributed by atoms with E-state index in [1.807, 2.05) is 12.1 Å². The van der Waals surface area contributed by atoms with E-state index in [4.69, 9.17) is 9.32 Å². The van der Waals surface area contributed by atoms with Crippen LogP contribution in [0.25, 0.3) is 0 Å². The lowest BCUT2D eigenvalue weighted by atomic mass is 9.52. The zero-order valence-corrected chi connectivity index (χ0v) is 15.3. The molecule has 25 heavy (non-hydrogen) atoms. The molecule has 5 rings (SSSR count). The lowest BCUT2D eigenvalue weighted by Crippen LogP contribution is -2.47. The number of nitrogens with two attached hydrogens (primary N) is 1. The standard InChI is InChI=1S/C19H25NO4S/c1-18-7-6-15-14-4-3-13(24-25(20,22)23)8-11(14)2-5-16(15)19(18)10-12(19)9-17(18)21/h3-4,8,12,15-17,21H,2,5-7,9-10H2,1H3,(H2,20,22,23)/t12-,15-,16-,17+,18-,19+/m1/s1. The van der Waals surface area contributed by atoms with Crippen LogP contribution < -0.4 is 9.32 Å². The van der Waals surface area contributed by atoms with Gasteiger partial charge in [0.25, 0.3) is 0 Å². The fourth-order valence-corrected chi connectivity index (χ4v) is 7.33. The van der Waals surface area contributed by atoms with Crippen LogP contribution in [0, 0.1) is 22.7 Å². The van der Waals surface area contributed by atoms with Crippen LogP contribution in [0.1, 0.15) is 56.1 Å². The smallest absolute Gasteiger partial charge is 0.380 e. The van der Waals surface area contributed by atoms with Crippen LogP contribution in [-0.4, -0.2) is 19.6 Å². The summed E-state index contributed by atoms with van der Waals surface area (Å²) < 4.78 is 27.2. The monoisotopic (exact) mass is 363 g/mol. The van der Waals surface area contributed by atoms with E-state index < -0.39 is 10.3 Å². The molecule has 0 amide bonds. The minimum Gasteiger partial charge on any atom is -0.393 e. The predicted octanol–water partition coefficient (Wildman–Crippen LogP) is 2.49.